The average molecular weight is 192 g/mol. The van der Waals surface area contributed by atoms with Gasteiger partial charge in [0.1, 0.15) is 0 Å². The van der Waals surface area contributed by atoms with Crippen LogP contribution in [0, 0.1) is 23.2 Å². The molecule has 0 aromatic heterocycles. The van der Waals surface area contributed by atoms with Crippen LogP contribution < -0.4 is 0 Å². The molecule has 2 rings (SSSR count). The summed E-state index contributed by atoms with van der Waals surface area (Å²) in [7, 11) is 0. The zero-order chi connectivity index (χ0) is 10.3. The summed E-state index contributed by atoms with van der Waals surface area (Å²) in [6.07, 6.45) is 8.37. The Labute approximate surface area is 88.8 Å². The van der Waals surface area contributed by atoms with E-state index in [1.54, 1.807) is 5.57 Å². The van der Waals surface area contributed by atoms with E-state index in [4.69, 9.17) is 0 Å². The lowest BCUT2D eigenvalue weighted by atomic mass is 9.62. The van der Waals surface area contributed by atoms with Crippen molar-refractivity contribution < 1.29 is 0 Å². The molecule has 0 N–H and O–H groups in total. The van der Waals surface area contributed by atoms with Gasteiger partial charge in [-0.2, -0.15) is 0 Å². The van der Waals surface area contributed by atoms with Crippen LogP contribution >= 0.6 is 0 Å². The van der Waals surface area contributed by atoms with Crippen LogP contribution in [0.3, 0.4) is 0 Å². The van der Waals surface area contributed by atoms with E-state index in [0.717, 1.165) is 17.8 Å². The molecule has 3 unspecified atom stereocenters. The van der Waals surface area contributed by atoms with Gasteiger partial charge < -0.3 is 0 Å². The molecule has 80 valence electrons. The quantitative estimate of drug-likeness (QED) is 0.499. The highest BCUT2D eigenvalue weighted by molar-refractivity contribution is 5.20. The van der Waals surface area contributed by atoms with Gasteiger partial charge in [0, 0.05) is 0 Å². The van der Waals surface area contributed by atoms with Gasteiger partial charge in [0.05, 0.1) is 0 Å². The van der Waals surface area contributed by atoms with Crippen molar-refractivity contribution in [2.75, 3.05) is 0 Å². The third kappa shape index (κ3) is 1.64. The van der Waals surface area contributed by atoms with Crippen molar-refractivity contribution in [3.8, 4) is 0 Å². The molecule has 2 aliphatic rings. The Morgan fingerprint density at radius 3 is 2.64 bits per heavy atom. The van der Waals surface area contributed by atoms with Gasteiger partial charge in [-0.3, -0.25) is 0 Å². The lowest BCUT2D eigenvalue weighted by Crippen LogP contribution is -2.32. The molecule has 0 spiro atoms. The van der Waals surface area contributed by atoms with Gasteiger partial charge in [-0.15, -0.1) is 0 Å². The third-order valence-electron chi connectivity index (χ3n) is 4.68. The van der Waals surface area contributed by atoms with Gasteiger partial charge in [-0.25, -0.2) is 0 Å². The number of hydrogen-bond donors (Lipinski definition) is 0. The Hall–Kier alpha value is -0.260. The summed E-state index contributed by atoms with van der Waals surface area (Å²) in [6, 6.07) is 0. The van der Waals surface area contributed by atoms with Crippen molar-refractivity contribution in [1.29, 1.82) is 0 Å². The summed E-state index contributed by atoms with van der Waals surface area (Å²) in [5.41, 5.74) is 2.23. The first-order valence-corrected chi connectivity index (χ1v) is 6.23. The Morgan fingerprint density at radius 2 is 1.93 bits per heavy atom. The summed E-state index contributed by atoms with van der Waals surface area (Å²) in [5, 5.41) is 0. The Balaban J connectivity index is 2.28. The van der Waals surface area contributed by atoms with Gasteiger partial charge in [0.2, 0.25) is 0 Å². The van der Waals surface area contributed by atoms with Crippen LogP contribution in [0.2, 0.25) is 0 Å². The number of hydrogen-bond acceptors (Lipinski definition) is 0. The van der Waals surface area contributed by atoms with Crippen molar-refractivity contribution >= 4 is 0 Å². The molecule has 0 nitrogen and oxygen atoms in total. The van der Waals surface area contributed by atoms with Crippen molar-refractivity contribution in [2.45, 2.75) is 53.4 Å². The van der Waals surface area contributed by atoms with E-state index in [2.05, 4.69) is 33.8 Å². The van der Waals surface area contributed by atoms with E-state index in [1.165, 1.54) is 25.7 Å². The number of rotatable bonds is 0. The van der Waals surface area contributed by atoms with E-state index in [1.807, 2.05) is 0 Å². The predicted molar refractivity (Wildman–Crippen MR) is 62.2 cm³/mol. The van der Waals surface area contributed by atoms with E-state index < -0.39 is 0 Å². The standard InChI is InChI=1S/C14H24/c1-10-6-5-7-12-8-11(2)14(3,4)9-13(10)12/h9-12H,5-8H2,1-4H3. The van der Waals surface area contributed by atoms with Crippen molar-refractivity contribution in [3.05, 3.63) is 11.6 Å². The normalized spacial score (nSPS) is 41.4. The first-order valence-electron chi connectivity index (χ1n) is 6.23. The topological polar surface area (TPSA) is 0 Å². The molecule has 0 heteroatoms. The first-order chi connectivity index (χ1) is 6.50. The molecule has 2 aliphatic carbocycles. The number of fused-ring (bicyclic) bond motifs is 1. The second kappa shape index (κ2) is 3.40. The monoisotopic (exact) mass is 192 g/mol. The smallest absolute Gasteiger partial charge is 0.0146 e. The second-order valence-electron chi connectivity index (χ2n) is 6.13. The van der Waals surface area contributed by atoms with Crippen LogP contribution in [0.15, 0.2) is 11.6 Å². The fraction of sp³-hybridized carbons (Fsp3) is 0.857. The largest absolute Gasteiger partial charge is 0.0788 e. The van der Waals surface area contributed by atoms with Gasteiger partial charge in [-0.05, 0) is 42.4 Å². The van der Waals surface area contributed by atoms with Gasteiger partial charge >= 0.3 is 0 Å². The maximum atomic E-state index is 2.61. The molecule has 0 aliphatic heterocycles. The highest BCUT2D eigenvalue weighted by atomic mass is 14.4. The molecular formula is C14H24. The minimum absolute atomic E-state index is 0.442. The Kier molecular flexibility index (Phi) is 2.49. The van der Waals surface area contributed by atoms with E-state index >= 15 is 0 Å². The third-order valence-corrected chi connectivity index (χ3v) is 4.68. The van der Waals surface area contributed by atoms with Crippen LogP contribution in [-0.2, 0) is 0 Å². The predicted octanol–water partition coefficient (Wildman–Crippen LogP) is 4.42. The molecule has 14 heavy (non-hydrogen) atoms. The Morgan fingerprint density at radius 1 is 1.21 bits per heavy atom. The van der Waals surface area contributed by atoms with Crippen molar-refractivity contribution in [1.82, 2.24) is 0 Å². The van der Waals surface area contributed by atoms with Crippen LogP contribution in [0.4, 0.5) is 0 Å². The molecule has 0 saturated heterocycles. The minimum Gasteiger partial charge on any atom is -0.0788 e. The highest BCUT2D eigenvalue weighted by Crippen LogP contribution is 2.48. The minimum atomic E-state index is 0.442. The molecule has 0 radical (unpaired) electrons. The molecule has 0 heterocycles. The number of allylic oxidation sites excluding steroid dienone is 2. The molecule has 0 aromatic carbocycles. The summed E-state index contributed by atoms with van der Waals surface area (Å²) in [6.45, 7) is 9.65. The SMILES string of the molecule is CC1CCCC2CC(C)C(C)(C)C=C12. The first kappa shape index (κ1) is 10.3. The van der Waals surface area contributed by atoms with E-state index in [0.29, 0.717) is 5.41 Å². The zero-order valence-corrected chi connectivity index (χ0v) is 10.1. The van der Waals surface area contributed by atoms with Gasteiger partial charge in [-0.1, -0.05) is 45.8 Å². The van der Waals surface area contributed by atoms with Gasteiger partial charge in [0.25, 0.3) is 0 Å². The van der Waals surface area contributed by atoms with Crippen LogP contribution in [0.5, 0.6) is 0 Å². The van der Waals surface area contributed by atoms with Crippen LogP contribution in [-0.4, -0.2) is 0 Å². The summed E-state index contributed by atoms with van der Waals surface area (Å²) in [4.78, 5) is 0. The lowest BCUT2D eigenvalue weighted by Gasteiger charge is -2.43. The molecule has 1 fully saturated rings. The van der Waals surface area contributed by atoms with Gasteiger partial charge in [0.15, 0.2) is 0 Å². The molecule has 0 bridgehead atoms. The van der Waals surface area contributed by atoms with Crippen LogP contribution in [0.25, 0.3) is 0 Å². The average Bonchev–Trinajstić information content (AvgIpc) is 2.09. The summed E-state index contributed by atoms with van der Waals surface area (Å²) < 4.78 is 0. The zero-order valence-electron chi connectivity index (χ0n) is 10.1. The van der Waals surface area contributed by atoms with Crippen molar-refractivity contribution in [2.24, 2.45) is 23.2 Å². The van der Waals surface area contributed by atoms with E-state index in [9.17, 15) is 0 Å². The molecule has 0 aromatic rings. The molecule has 3 atom stereocenters. The highest BCUT2D eigenvalue weighted by Gasteiger charge is 2.36. The molecule has 0 amide bonds. The fourth-order valence-electron chi connectivity index (χ4n) is 3.22. The Bertz CT molecular complexity index is 247. The molecule has 1 saturated carbocycles. The second-order valence-corrected chi connectivity index (χ2v) is 6.13. The summed E-state index contributed by atoms with van der Waals surface area (Å²) >= 11 is 0. The van der Waals surface area contributed by atoms with E-state index in [-0.39, 0.29) is 0 Å². The lowest BCUT2D eigenvalue weighted by molar-refractivity contribution is 0.201. The van der Waals surface area contributed by atoms with Crippen molar-refractivity contribution in [3.63, 3.8) is 0 Å². The van der Waals surface area contributed by atoms with Crippen LogP contribution in [0.1, 0.15) is 53.4 Å². The fourth-order valence-corrected chi connectivity index (χ4v) is 3.22. The summed E-state index contributed by atoms with van der Waals surface area (Å²) in [5.74, 6) is 2.66. The maximum Gasteiger partial charge on any atom is -0.0146 e. The maximum absolute atomic E-state index is 2.61. The molecular weight excluding hydrogens is 168 g/mol.